The molecule has 1 spiro atoms. The molecule has 2 aliphatic rings. The van der Waals surface area contributed by atoms with E-state index in [1.165, 1.54) is 32.1 Å². The smallest absolute Gasteiger partial charge is 0.0705 e. The highest BCUT2D eigenvalue weighted by atomic mass is 16.5. The fraction of sp³-hybridized carbons (Fsp3) is 1.00. The molecule has 0 radical (unpaired) electrons. The minimum Gasteiger partial charge on any atom is -0.375 e. The van der Waals surface area contributed by atoms with Crippen LogP contribution < -0.4 is 5.73 Å². The van der Waals surface area contributed by atoms with Crippen molar-refractivity contribution in [3.63, 3.8) is 0 Å². The number of hydrogen-bond donors (Lipinski definition) is 1. The van der Waals surface area contributed by atoms with Gasteiger partial charge in [-0.1, -0.05) is 0 Å². The van der Waals surface area contributed by atoms with Gasteiger partial charge in [0.25, 0.3) is 0 Å². The van der Waals surface area contributed by atoms with Crippen LogP contribution in [0.3, 0.4) is 0 Å². The van der Waals surface area contributed by atoms with Gasteiger partial charge in [-0.3, -0.25) is 0 Å². The fourth-order valence-corrected chi connectivity index (χ4v) is 1.95. The van der Waals surface area contributed by atoms with Gasteiger partial charge < -0.3 is 10.5 Å². The second kappa shape index (κ2) is 2.21. The number of nitrogens with two attached hydrogens (primary N) is 1. The molecule has 10 heavy (non-hydrogen) atoms. The van der Waals surface area contributed by atoms with E-state index in [4.69, 9.17) is 10.5 Å². The minimum absolute atomic E-state index is 0.301. The van der Waals surface area contributed by atoms with Crippen molar-refractivity contribution in [3.05, 3.63) is 0 Å². The van der Waals surface area contributed by atoms with Gasteiger partial charge in [0.15, 0.2) is 0 Å². The highest BCUT2D eigenvalue weighted by Gasteiger charge is 2.40. The summed E-state index contributed by atoms with van der Waals surface area (Å²) in [5.74, 6) is 0. The molecule has 1 saturated carbocycles. The molecular formula is C8H15NO. The van der Waals surface area contributed by atoms with Crippen molar-refractivity contribution in [2.75, 3.05) is 6.61 Å². The Bertz CT molecular complexity index is 121. The molecule has 58 valence electrons. The van der Waals surface area contributed by atoms with Gasteiger partial charge >= 0.3 is 0 Å². The second-order valence-electron chi connectivity index (χ2n) is 3.62. The predicted octanol–water partition coefficient (Wildman–Crippen LogP) is 1.05. The van der Waals surface area contributed by atoms with E-state index in [9.17, 15) is 0 Å². The van der Waals surface area contributed by atoms with E-state index in [2.05, 4.69) is 0 Å². The zero-order chi connectivity index (χ0) is 7.03. The summed E-state index contributed by atoms with van der Waals surface area (Å²) in [6.45, 7) is 0.981. The van der Waals surface area contributed by atoms with Crippen molar-refractivity contribution >= 4 is 0 Å². The number of rotatable bonds is 0. The Morgan fingerprint density at radius 1 is 1.20 bits per heavy atom. The third-order valence-electron chi connectivity index (χ3n) is 2.91. The van der Waals surface area contributed by atoms with Gasteiger partial charge in [0.05, 0.1) is 12.2 Å². The lowest BCUT2D eigenvalue weighted by Gasteiger charge is -2.46. The summed E-state index contributed by atoms with van der Waals surface area (Å²) < 4.78 is 5.55. The number of ether oxygens (including phenoxy) is 1. The van der Waals surface area contributed by atoms with Crippen LogP contribution in [0.25, 0.3) is 0 Å². The van der Waals surface area contributed by atoms with Crippen molar-refractivity contribution in [3.8, 4) is 0 Å². The molecule has 1 heterocycles. The number of hydrogen-bond acceptors (Lipinski definition) is 2. The summed E-state index contributed by atoms with van der Waals surface area (Å²) >= 11 is 0. The van der Waals surface area contributed by atoms with Gasteiger partial charge in [0, 0.05) is 6.04 Å². The molecule has 2 nitrogen and oxygen atoms in total. The minimum atomic E-state index is 0.301. The fourth-order valence-electron chi connectivity index (χ4n) is 1.95. The summed E-state index contributed by atoms with van der Waals surface area (Å²) in [7, 11) is 0. The maximum atomic E-state index is 5.78. The first kappa shape index (κ1) is 6.62. The van der Waals surface area contributed by atoms with Crippen LogP contribution in [0.4, 0.5) is 0 Å². The molecule has 0 aromatic carbocycles. The first-order valence-corrected chi connectivity index (χ1v) is 4.20. The predicted molar refractivity (Wildman–Crippen MR) is 39.7 cm³/mol. The summed E-state index contributed by atoms with van der Waals surface area (Å²) in [6, 6.07) is 0.454. The highest BCUT2D eigenvalue weighted by molar-refractivity contribution is 4.92. The Morgan fingerprint density at radius 2 is 1.80 bits per heavy atom. The Labute approximate surface area is 61.7 Å². The van der Waals surface area contributed by atoms with E-state index < -0.39 is 0 Å². The summed E-state index contributed by atoms with van der Waals surface area (Å²) in [5.41, 5.74) is 6.08. The van der Waals surface area contributed by atoms with Gasteiger partial charge in [0.1, 0.15) is 0 Å². The lowest BCUT2D eigenvalue weighted by molar-refractivity contribution is -0.166. The topological polar surface area (TPSA) is 35.2 Å². The van der Waals surface area contributed by atoms with Crippen molar-refractivity contribution in [2.45, 2.75) is 43.7 Å². The van der Waals surface area contributed by atoms with E-state index in [1.54, 1.807) is 0 Å². The molecule has 1 aliphatic carbocycles. The van der Waals surface area contributed by atoms with Crippen molar-refractivity contribution in [1.29, 1.82) is 0 Å². The maximum absolute atomic E-state index is 5.78. The first-order chi connectivity index (χ1) is 4.81. The summed E-state index contributed by atoms with van der Waals surface area (Å²) in [6.07, 6.45) is 6.02. The van der Waals surface area contributed by atoms with Crippen LogP contribution in [0.5, 0.6) is 0 Å². The zero-order valence-corrected chi connectivity index (χ0v) is 6.31. The highest BCUT2D eigenvalue weighted by Crippen LogP contribution is 2.39. The van der Waals surface area contributed by atoms with Crippen LogP contribution in [-0.2, 0) is 4.74 Å². The molecule has 0 bridgehead atoms. The lowest BCUT2D eigenvalue weighted by atomic mass is 9.78. The van der Waals surface area contributed by atoms with Crippen LogP contribution in [0.2, 0.25) is 0 Å². The quantitative estimate of drug-likeness (QED) is 0.547. The van der Waals surface area contributed by atoms with Gasteiger partial charge in [-0.25, -0.2) is 0 Å². The lowest BCUT2D eigenvalue weighted by Crippen LogP contribution is -2.48. The van der Waals surface area contributed by atoms with E-state index in [0.717, 1.165) is 6.61 Å². The molecule has 2 N–H and O–H groups in total. The standard InChI is InChI=1S/C8H15NO/c9-7-1-3-8(4-2-7)5-6-10-8/h7H,1-6,9H2/t7-,8-. The Kier molecular flexibility index (Phi) is 1.46. The molecule has 1 aliphatic heterocycles. The molecular weight excluding hydrogens is 126 g/mol. The van der Waals surface area contributed by atoms with Gasteiger partial charge in [-0.2, -0.15) is 0 Å². The second-order valence-corrected chi connectivity index (χ2v) is 3.62. The van der Waals surface area contributed by atoms with Crippen LogP contribution in [0, 0.1) is 0 Å². The molecule has 2 fully saturated rings. The van der Waals surface area contributed by atoms with Crippen LogP contribution in [-0.4, -0.2) is 18.2 Å². The van der Waals surface area contributed by atoms with E-state index in [1.807, 2.05) is 0 Å². The van der Waals surface area contributed by atoms with Crippen molar-refractivity contribution in [2.24, 2.45) is 5.73 Å². The first-order valence-electron chi connectivity index (χ1n) is 4.20. The monoisotopic (exact) mass is 141 g/mol. The molecule has 0 aromatic rings. The molecule has 2 heteroatoms. The molecule has 1 saturated heterocycles. The third kappa shape index (κ3) is 0.956. The Morgan fingerprint density at radius 3 is 2.20 bits per heavy atom. The molecule has 0 aromatic heterocycles. The maximum Gasteiger partial charge on any atom is 0.0705 e. The third-order valence-corrected chi connectivity index (χ3v) is 2.91. The molecule has 0 atom stereocenters. The van der Waals surface area contributed by atoms with Crippen molar-refractivity contribution < 1.29 is 4.74 Å². The van der Waals surface area contributed by atoms with Crippen LogP contribution in [0.1, 0.15) is 32.1 Å². The van der Waals surface area contributed by atoms with Gasteiger partial charge in [-0.15, -0.1) is 0 Å². The molecule has 0 amide bonds. The van der Waals surface area contributed by atoms with E-state index in [0.29, 0.717) is 11.6 Å². The Balaban J connectivity index is 1.90. The van der Waals surface area contributed by atoms with Gasteiger partial charge in [0.2, 0.25) is 0 Å². The average molecular weight is 141 g/mol. The van der Waals surface area contributed by atoms with E-state index in [-0.39, 0.29) is 0 Å². The van der Waals surface area contributed by atoms with Crippen LogP contribution >= 0.6 is 0 Å². The summed E-state index contributed by atoms with van der Waals surface area (Å²) in [4.78, 5) is 0. The van der Waals surface area contributed by atoms with E-state index >= 15 is 0 Å². The SMILES string of the molecule is N[C@H]1CC[C@@]2(CCO2)CC1. The average Bonchev–Trinajstić information content (AvgIpc) is 1.86. The molecule has 0 unspecified atom stereocenters. The van der Waals surface area contributed by atoms with Gasteiger partial charge in [-0.05, 0) is 32.1 Å². The van der Waals surface area contributed by atoms with Crippen molar-refractivity contribution in [1.82, 2.24) is 0 Å². The van der Waals surface area contributed by atoms with Crippen LogP contribution in [0.15, 0.2) is 0 Å². The molecule has 2 rings (SSSR count). The zero-order valence-electron chi connectivity index (χ0n) is 6.31. The largest absolute Gasteiger partial charge is 0.375 e. The normalized spacial score (nSPS) is 47.1. The Hall–Kier alpha value is -0.0800. The summed E-state index contributed by atoms with van der Waals surface area (Å²) in [5, 5.41) is 0.